The Labute approximate surface area is 125 Å². The summed E-state index contributed by atoms with van der Waals surface area (Å²) in [5.74, 6) is -0.154. The molecule has 1 saturated heterocycles. The molecule has 2 N–H and O–H groups in total. The van der Waals surface area contributed by atoms with Crippen LogP contribution >= 0.6 is 0 Å². The minimum Gasteiger partial charge on any atom is -0.392 e. The fourth-order valence-corrected chi connectivity index (χ4v) is 5.83. The number of sulfonamides is 1. The van der Waals surface area contributed by atoms with Crippen molar-refractivity contribution in [3.05, 3.63) is 28.8 Å². The number of hydrogen-bond acceptors (Lipinski definition) is 5. The van der Waals surface area contributed by atoms with Crippen LogP contribution in [0.2, 0.25) is 0 Å². The summed E-state index contributed by atoms with van der Waals surface area (Å²) < 4.78 is 50.1. The number of benzene rings is 1. The zero-order chi connectivity index (χ0) is 15.8. The van der Waals surface area contributed by atoms with Crippen molar-refractivity contribution in [2.45, 2.75) is 37.8 Å². The summed E-state index contributed by atoms with van der Waals surface area (Å²) in [5, 5.41) is 9.26. The van der Waals surface area contributed by atoms with Crippen molar-refractivity contribution >= 4 is 19.9 Å². The zero-order valence-corrected chi connectivity index (χ0v) is 13.6. The van der Waals surface area contributed by atoms with Gasteiger partial charge < -0.3 is 5.11 Å². The van der Waals surface area contributed by atoms with Gasteiger partial charge in [-0.05, 0) is 43.0 Å². The van der Waals surface area contributed by atoms with E-state index in [0.717, 1.165) is 5.56 Å². The van der Waals surface area contributed by atoms with E-state index in [0.29, 0.717) is 17.5 Å². The van der Waals surface area contributed by atoms with E-state index >= 15 is 0 Å². The van der Waals surface area contributed by atoms with Crippen LogP contribution in [0.1, 0.15) is 23.1 Å². The van der Waals surface area contributed by atoms with E-state index in [2.05, 4.69) is 4.72 Å². The van der Waals surface area contributed by atoms with E-state index in [1.54, 1.807) is 19.9 Å². The second-order valence-electron chi connectivity index (χ2n) is 5.42. The van der Waals surface area contributed by atoms with Gasteiger partial charge in [0.1, 0.15) is 0 Å². The number of aliphatic hydroxyl groups is 1. The maximum atomic E-state index is 12.4. The summed E-state index contributed by atoms with van der Waals surface area (Å²) in [7, 11) is -6.95. The Morgan fingerprint density at radius 3 is 2.48 bits per heavy atom. The molecule has 0 saturated carbocycles. The smallest absolute Gasteiger partial charge is 0.241 e. The van der Waals surface area contributed by atoms with E-state index in [1.807, 2.05) is 0 Å². The maximum Gasteiger partial charge on any atom is 0.241 e. The lowest BCUT2D eigenvalue weighted by molar-refractivity contribution is 0.280. The molecule has 21 heavy (non-hydrogen) atoms. The van der Waals surface area contributed by atoms with E-state index < -0.39 is 25.9 Å². The molecule has 0 amide bonds. The molecule has 1 atom stereocenters. The molecule has 1 aliphatic heterocycles. The summed E-state index contributed by atoms with van der Waals surface area (Å²) >= 11 is 0. The number of rotatable bonds is 4. The fourth-order valence-electron chi connectivity index (χ4n) is 2.51. The molecule has 0 bridgehead atoms. The summed E-state index contributed by atoms with van der Waals surface area (Å²) in [6.45, 7) is 3.23. The Balaban J connectivity index is 2.32. The summed E-state index contributed by atoms with van der Waals surface area (Å²) in [6, 6.07) is 2.56. The molecule has 118 valence electrons. The van der Waals surface area contributed by atoms with Gasteiger partial charge in [0.05, 0.1) is 23.0 Å². The van der Waals surface area contributed by atoms with Gasteiger partial charge in [0.2, 0.25) is 10.0 Å². The molecule has 2 rings (SSSR count). The monoisotopic (exact) mass is 333 g/mol. The molecule has 0 radical (unpaired) electrons. The molecule has 8 heteroatoms. The van der Waals surface area contributed by atoms with Gasteiger partial charge >= 0.3 is 0 Å². The highest BCUT2D eigenvalue weighted by Crippen LogP contribution is 2.22. The molecule has 1 heterocycles. The Hall–Kier alpha value is -0.960. The highest BCUT2D eigenvalue weighted by Gasteiger charge is 2.32. The summed E-state index contributed by atoms with van der Waals surface area (Å²) in [5.41, 5.74) is 1.93. The molecule has 1 fully saturated rings. The molecule has 1 aliphatic rings. The van der Waals surface area contributed by atoms with Crippen LogP contribution in [-0.2, 0) is 26.5 Å². The first-order chi connectivity index (χ1) is 9.64. The third kappa shape index (κ3) is 3.63. The van der Waals surface area contributed by atoms with Gasteiger partial charge in [-0.25, -0.2) is 21.6 Å². The van der Waals surface area contributed by atoms with Crippen LogP contribution in [0.4, 0.5) is 0 Å². The third-order valence-electron chi connectivity index (χ3n) is 3.65. The maximum absolute atomic E-state index is 12.4. The van der Waals surface area contributed by atoms with Crippen LogP contribution < -0.4 is 4.72 Å². The SMILES string of the molecule is Cc1cc(C)c(S(=O)(=O)NC2CCS(=O)(=O)C2)cc1CO. The van der Waals surface area contributed by atoms with Gasteiger partial charge in [-0.2, -0.15) is 0 Å². The number of nitrogens with one attached hydrogen (secondary N) is 1. The minimum absolute atomic E-state index is 0.00889. The minimum atomic E-state index is -3.80. The lowest BCUT2D eigenvalue weighted by Gasteiger charge is -2.15. The average molecular weight is 333 g/mol. The van der Waals surface area contributed by atoms with Crippen LogP contribution in [0.25, 0.3) is 0 Å². The molecular weight excluding hydrogens is 314 g/mol. The van der Waals surface area contributed by atoms with Crippen LogP contribution in [0.15, 0.2) is 17.0 Å². The zero-order valence-electron chi connectivity index (χ0n) is 12.0. The Morgan fingerprint density at radius 2 is 1.95 bits per heavy atom. The van der Waals surface area contributed by atoms with Gasteiger partial charge in [-0.15, -0.1) is 0 Å². The highest BCUT2D eigenvalue weighted by molar-refractivity contribution is 7.92. The Kier molecular flexibility index (Phi) is 4.44. The number of aliphatic hydroxyl groups excluding tert-OH is 1. The van der Waals surface area contributed by atoms with Gasteiger partial charge in [0.15, 0.2) is 9.84 Å². The molecular formula is C13H19NO5S2. The largest absolute Gasteiger partial charge is 0.392 e. The summed E-state index contributed by atoms with van der Waals surface area (Å²) in [6.07, 6.45) is 0.291. The van der Waals surface area contributed by atoms with Crippen molar-refractivity contribution in [3.8, 4) is 0 Å². The van der Waals surface area contributed by atoms with Crippen LogP contribution in [-0.4, -0.2) is 39.5 Å². The van der Waals surface area contributed by atoms with E-state index in [9.17, 15) is 21.9 Å². The molecule has 0 spiro atoms. The molecule has 1 aromatic rings. The third-order valence-corrected chi connectivity index (χ3v) is 7.08. The second kappa shape index (κ2) is 5.68. The van der Waals surface area contributed by atoms with Crippen LogP contribution in [0.3, 0.4) is 0 Å². The molecule has 6 nitrogen and oxygen atoms in total. The van der Waals surface area contributed by atoms with E-state index in [1.165, 1.54) is 6.07 Å². The molecule has 1 unspecified atom stereocenters. The van der Waals surface area contributed by atoms with Gasteiger partial charge in [-0.3, -0.25) is 0 Å². The van der Waals surface area contributed by atoms with Crippen molar-refractivity contribution in [3.63, 3.8) is 0 Å². The number of hydrogen-bond donors (Lipinski definition) is 2. The first kappa shape index (κ1) is 16.4. The normalized spacial score (nSPS) is 21.6. The van der Waals surface area contributed by atoms with Crippen molar-refractivity contribution in [1.82, 2.24) is 4.72 Å². The van der Waals surface area contributed by atoms with Crippen molar-refractivity contribution in [1.29, 1.82) is 0 Å². The highest BCUT2D eigenvalue weighted by atomic mass is 32.2. The summed E-state index contributed by atoms with van der Waals surface area (Å²) in [4.78, 5) is 0.0847. The standard InChI is InChI=1S/C13H19NO5S2/c1-9-5-10(2)13(6-11(9)7-15)21(18,19)14-12-3-4-20(16,17)8-12/h5-6,12,14-15H,3-4,7-8H2,1-2H3. The van der Waals surface area contributed by atoms with Crippen LogP contribution in [0, 0.1) is 13.8 Å². The van der Waals surface area contributed by atoms with Gasteiger partial charge in [-0.1, -0.05) is 6.07 Å². The lowest BCUT2D eigenvalue weighted by atomic mass is 10.1. The Bertz CT molecular complexity index is 753. The second-order valence-corrected chi connectivity index (χ2v) is 9.33. The van der Waals surface area contributed by atoms with Crippen LogP contribution in [0.5, 0.6) is 0 Å². The topological polar surface area (TPSA) is 101 Å². The van der Waals surface area contributed by atoms with E-state index in [-0.39, 0.29) is 23.0 Å². The van der Waals surface area contributed by atoms with Crippen molar-refractivity contribution < 1.29 is 21.9 Å². The lowest BCUT2D eigenvalue weighted by Crippen LogP contribution is -2.36. The van der Waals surface area contributed by atoms with Gasteiger partial charge in [0, 0.05) is 6.04 Å². The molecule has 0 aromatic heterocycles. The number of sulfone groups is 1. The predicted octanol–water partition coefficient (Wildman–Crippen LogP) is 0.261. The van der Waals surface area contributed by atoms with Crippen molar-refractivity contribution in [2.75, 3.05) is 11.5 Å². The first-order valence-corrected chi connectivity index (χ1v) is 9.89. The first-order valence-electron chi connectivity index (χ1n) is 6.58. The number of aryl methyl sites for hydroxylation is 2. The quantitative estimate of drug-likeness (QED) is 0.823. The predicted molar refractivity (Wildman–Crippen MR) is 79.2 cm³/mol. The van der Waals surface area contributed by atoms with E-state index in [4.69, 9.17) is 0 Å². The molecule has 1 aromatic carbocycles. The Morgan fingerprint density at radius 1 is 1.29 bits per heavy atom. The molecule has 0 aliphatic carbocycles. The van der Waals surface area contributed by atoms with Gasteiger partial charge in [0.25, 0.3) is 0 Å². The fraction of sp³-hybridized carbons (Fsp3) is 0.538. The average Bonchev–Trinajstić information content (AvgIpc) is 2.67. The van der Waals surface area contributed by atoms with Crippen molar-refractivity contribution in [2.24, 2.45) is 0 Å².